The van der Waals surface area contributed by atoms with E-state index in [2.05, 4.69) is 6.07 Å². The Kier molecular flexibility index (Phi) is 5.11. The van der Waals surface area contributed by atoms with Crippen LogP contribution < -0.4 is 10.5 Å². The van der Waals surface area contributed by atoms with Crippen LogP contribution in [-0.4, -0.2) is 27.3 Å². The third-order valence-corrected chi connectivity index (χ3v) is 6.58. The van der Waals surface area contributed by atoms with Gasteiger partial charge in [0.2, 0.25) is 5.91 Å². The summed E-state index contributed by atoms with van der Waals surface area (Å²) in [5, 5.41) is 0.654. The van der Waals surface area contributed by atoms with Crippen molar-refractivity contribution in [2.24, 2.45) is 0 Å². The molecule has 0 saturated heterocycles. The molecular weight excluding hydrogens is 410 g/mol. The van der Waals surface area contributed by atoms with Crippen LogP contribution in [0.1, 0.15) is 18.2 Å². The van der Waals surface area contributed by atoms with Crippen LogP contribution in [-0.2, 0) is 17.8 Å². The van der Waals surface area contributed by atoms with Crippen molar-refractivity contribution in [3.8, 4) is 0 Å². The van der Waals surface area contributed by atoms with Gasteiger partial charge in [-0.3, -0.25) is 14.2 Å². The highest BCUT2D eigenvalue weighted by Crippen LogP contribution is 2.31. The Labute approximate surface area is 183 Å². The number of thioether (sulfide) groups is 1. The molecule has 2 aromatic carbocycles. The highest BCUT2D eigenvalue weighted by molar-refractivity contribution is 8.00. The summed E-state index contributed by atoms with van der Waals surface area (Å²) in [4.78, 5) is 33.0. The van der Waals surface area contributed by atoms with E-state index >= 15 is 0 Å². The first-order valence-electron chi connectivity index (χ1n) is 10.2. The van der Waals surface area contributed by atoms with Crippen LogP contribution >= 0.6 is 11.8 Å². The third-order valence-electron chi connectivity index (χ3n) is 5.50. The SMILES string of the molecule is C[C@H](Sc1nc2ccccc2c(=O)n1Cc1ccco1)C(=O)N1CCc2ccccc21. The number of furan rings is 1. The molecule has 0 radical (unpaired) electrons. The Morgan fingerprint density at radius 3 is 2.77 bits per heavy atom. The lowest BCUT2D eigenvalue weighted by Gasteiger charge is -2.22. The smallest absolute Gasteiger partial charge is 0.262 e. The summed E-state index contributed by atoms with van der Waals surface area (Å²) in [6.07, 6.45) is 2.44. The van der Waals surface area contributed by atoms with Gasteiger partial charge in [-0.1, -0.05) is 42.1 Å². The van der Waals surface area contributed by atoms with Gasteiger partial charge in [0.25, 0.3) is 5.56 Å². The second kappa shape index (κ2) is 8.07. The van der Waals surface area contributed by atoms with E-state index in [-0.39, 0.29) is 18.0 Å². The zero-order valence-electron chi connectivity index (χ0n) is 17.0. The number of rotatable bonds is 5. The van der Waals surface area contributed by atoms with Crippen LogP contribution in [0, 0.1) is 0 Å². The molecule has 0 spiro atoms. The summed E-state index contributed by atoms with van der Waals surface area (Å²) in [7, 11) is 0. The first kappa shape index (κ1) is 19.6. The summed E-state index contributed by atoms with van der Waals surface area (Å²) in [5.41, 5.74) is 2.64. The minimum Gasteiger partial charge on any atom is -0.467 e. The molecule has 156 valence electrons. The molecule has 7 heteroatoms. The summed E-state index contributed by atoms with van der Waals surface area (Å²) in [6, 6.07) is 18.9. The highest BCUT2D eigenvalue weighted by atomic mass is 32.2. The fourth-order valence-electron chi connectivity index (χ4n) is 3.93. The lowest BCUT2D eigenvalue weighted by Crippen LogP contribution is -2.35. The zero-order valence-corrected chi connectivity index (χ0v) is 17.8. The number of benzene rings is 2. The van der Waals surface area contributed by atoms with Crippen LogP contribution in [0.2, 0.25) is 0 Å². The molecular formula is C24H21N3O3S. The molecule has 1 aliphatic rings. The van der Waals surface area contributed by atoms with Gasteiger partial charge in [-0.25, -0.2) is 4.98 Å². The topological polar surface area (TPSA) is 68.3 Å². The fraction of sp³-hybridized carbons (Fsp3) is 0.208. The summed E-state index contributed by atoms with van der Waals surface area (Å²) < 4.78 is 7.05. The Bertz CT molecular complexity index is 1310. The van der Waals surface area contributed by atoms with E-state index in [0.717, 1.165) is 12.1 Å². The molecule has 2 aromatic heterocycles. The quantitative estimate of drug-likeness (QED) is 0.351. The Morgan fingerprint density at radius 1 is 1.13 bits per heavy atom. The number of carbonyl (C=O) groups is 1. The van der Waals surface area contributed by atoms with E-state index < -0.39 is 5.25 Å². The largest absolute Gasteiger partial charge is 0.467 e. The molecule has 5 rings (SSSR count). The maximum Gasteiger partial charge on any atom is 0.262 e. The molecule has 1 amide bonds. The standard InChI is InChI=1S/C24H21N3O3S/c1-16(22(28)26-13-12-17-7-2-5-11-21(17)26)31-24-25-20-10-4-3-9-19(20)23(29)27(24)15-18-8-6-14-30-18/h2-11,14,16H,12-13,15H2,1H3/t16-/m0/s1. The van der Waals surface area contributed by atoms with E-state index in [0.29, 0.717) is 28.4 Å². The fourth-order valence-corrected chi connectivity index (χ4v) is 4.90. The van der Waals surface area contributed by atoms with Gasteiger partial charge in [0, 0.05) is 12.2 Å². The van der Waals surface area contributed by atoms with Crippen LogP contribution in [0.3, 0.4) is 0 Å². The van der Waals surface area contributed by atoms with Crippen molar-refractivity contribution in [3.63, 3.8) is 0 Å². The number of para-hydroxylation sites is 2. The average molecular weight is 432 g/mol. The van der Waals surface area contributed by atoms with E-state index in [1.807, 2.05) is 54.3 Å². The van der Waals surface area contributed by atoms with Crippen molar-refractivity contribution >= 4 is 34.3 Å². The Balaban J connectivity index is 1.49. The lowest BCUT2D eigenvalue weighted by molar-refractivity contribution is -0.117. The number of hydrogen-bond donors (Lipinski definition) is 0. The molecule has 0 unspecified atom stereocenters. The maximum absolute atomic E-state index is 13.3. The van der Waals surface area contributed by atoms with Crippen molar-refractivity contribution in [1.29, 1.82) is 0 Å². The van der Waals surface area contributed by atoms with Gasteiger partial charge >= 0.3 is 0 Å². The van der Waals surface area contributed by atoms with Gasteiger partial charge in [-0.05, 0) is 49.2 Å². The zero-order chi connectivity index (χ0) is 21.4. The minimum atomic E-state index is -0.401. The van der Waals surface area contributed by atoms with E-state index in [1.54, 1.807) is 23.0 Å². The normalized spacial score (nSPS) is 14.0. The third kappa shape index (κ3) is 3.65. The van der Waals surface area contributed by atoms with Gasteiger partial charge in [0.15, 0.2) is 5.16 Å². The van der Waals surface area contributed by atoms with Crippen molar-refractivity contribution in [1.82, 2.24) is 9.55 Å². The Morgan fingerprint density at radius 2 is 1.94 bits per heavy atom. The lowest BCUT2D eigenvalue weighted by atomic mass is 10.2. The van der Waals surface area contributed by atoms with Gasteiger partial charge < -0.3 is 9.32 Å². The highest BCUT2D eigenvalue weighted by Gasteiger charge is 2.29. The predicted octanol–water partition coefficient (Wildman–Crippen LogP) is 4.11. The molecule has 6 nitrogen and oxygen atoms in total. The Hall–Kier alpha value is -3.32. The van der Waals surface area contributed by atoms with Crippen molar-refractivity contribution in [2.75, 3.05) is 11.4 Å². The minimum absolute atomic E-state index is 0.0157. The average Bonchev–Trinajstić information content (AvgIpc) is 3.46. The number of aromatic nitrogens is 2. The van der Waals surface area contributed by atoms with Gasteiger partial charge in [0.1, 0.15) is 5.76 Å². The van der Waals surface area contributed by atoms with Crippen molar-refractivity contribution < 1.29 is 9.21 Å². The second-order valence-electron chi connectivity index (χ2n) is 7.51. The van der Waals surface area contributed by atoms with E-state index in [4.69, 9.17) is 9.40 Å². The first-order valence-corrected chi connectivity index (χ1v) is 11.1. The first-order chi connectivity index (χ1) is 15.1. The van der Waals surface area contributed by atoms with Crippen LogP contribution in [0.4, 0.5) is 5.69 Å². The van der Waals surface area contributed by atoms with E-state index in [9.17, 15) is 9.59 Å². The number of anilines is 1. The molecule has 3 heterocycles. The van der Waals surface area contributed by atoms with E-state index in [1.165, 1.54) is 17.3 Å². The number of amides is 1. The second-order valence-corrected chi connectivity index (χ2v) is 8.82. The van der Waals surface area contributed by atoms with Gasteiger partial charge in [-0.2, -0.15) is 0 Å². The number of hydrogen-bond acceptors (Lipinski definition) is 5. The molecule has 31 heavy (non-hydrogen) atoms. The molecule has 0 aliphatic carbocycles. The van der Waals surface area contributed by atoms with Gasteiger partial charge in [-0.15, -0.1) is 0 Å². The number of carbonyl (C=O) groups excluding carboxylic acids is 1. The summed E-state index contributed by atoms with van der Waals surface area (Å²) in [5.74, 6) is 0.676. The molecule has 0 N–H and O–H groups in total. The number of fused-ring (bicyclic) bond motifs is 2. The van der Waals surface area contributed by atoms with Crippen LogP contribution in [0.25, 0.3) is 10.9 Å². The van der Waals surface area contributed by atoms with Crippen molar-refractivity contribution in [2.45, 2.75) is 30.3 Å². The molecule has 1 atom stereocenters. The van der Waals surface area contributed by atoms with Gasteiger partial charge in [0.05, 0.1) is 29.0 Å². The summed E-state index contributed by atoms with van der Waals surface area (Å²) >= 11 is 1.31. The van der Waals surface area contributed by atoms with Crippen LogP contribution in [0.15, 0.2) is 81.3 Å². The molecule has 1 aliphatic heterocycles. The maximum atomic E-state index is 13.3. The molecule has 0 fully saturated rings. The van der Waals surface area contributed by atoms with Crippen LogP contribution in [0.5, 0.6) is 0 Å². The summed E-state index contributed by atoms with van der Waals surface area (Å²) in [6.45, 7) is 2.80. The number of nitrogens with zero attached hydrogens (tertiary/aromatic N) is 3. The molecule has 0 bridgehead atoms. The predicted molar refractivity (Wildman–Crippen MR) is 122 cm³/mol. The van der Waals surface area contributed by atoms with Crippen molar-refractivity contribution in [3.05, 3.63) is 88.6 Å². The molecule has 0 saturated carbocycles. The molecule has 4 aromatic rings. The monoisotopic (exact) mass is 431 g/mol.